The fourth-order valence-corrected chi connectivity index (χ4v) is 10.1. The number of carbonyl (C=O) groups excluding carboxylic acids is 2. The summed E-state index contributed by atoms with van der Waals surface area (Å²) in [5, 5.41) is 0. The Labute approximate surface area is 462 Å². The largest absolute Gasteiger partial charge is 0.497 e. The minimum Gasteiger partial charge on any atom is -0.497 e. The average Bonchev–Trinajstić information content (AvgIpc) is 4.12. The van der Waals surface area contributed by atoms with Gasteiger partial charge >= 0.3 is 0 Å². The van der Waals surface area contributed by atoms with Crippen LogP contribution in [0.1, 0.15) is 72.3 Å². The summed E-state index contributed by atoms with van der Waals surface area (Å²) in [7, 11) is 1.66. The zero-order valence-electron chi connectivity index (χ0n) is 43.8. The molecule has 0 heterocycles. The summed E-state index contributed by atoms with van der Waals surface area (Å²) < 4.78 is 5.43. The van der Waals surface area contributed by atoms with Crippen molar-refractivity contribution in [3.8, 4) is 29.4 Å². The molecular formula is C76H52O3. The Morgan fingerprint density at radius 3 is 0.722 bits per heavy atom. The third kappa shape index (κ3) is 11.1. The summed E-state index contributed by atoms with van der Waals surface area (Å²) in [6.07, 6.45) is 0. The molecule has 0 unspecified atom stereocenters. The Bertz CT molecular complexity index is 4090. The first-order chi connectivity index (χ1) is 38.9. The Morgan fingerprint density at radius 1 is 0.241 bits per heavy atom. The molecule has 10 aromatic rings. The van der Waals surface area contributed by atoms with Gasteiger partial charge in [-0.15, -0.1) is 0 Å². The van der Waals surface area contributed by atoms with Crippen LogP contribution in [0, 0.1) is 30.6 Å². The van der Waals surface area contributed by atoms with E-state index < -0.39 is 0 Å². The average molecular weight is 1010 g/mol. The van der Waals surface area contributed by atoms with Crippen molar-refractivity contribution in [1.82, 2.24) is 0 Å². The van der Waals surface area contributed by atoms with Gasteiger partial charge in [-0.25, -0.2) is 0 Å². The number of benzene rings is 10. The van der Waals surface area contributed by atoms with E-state index in [2.05, 4.69) is 79.1 Å². The molecule has 0 saturated heterocycles. The van der Waals surface area contributed by atoms with E-state index in [1.54, 1.807) is 7.11 Å². The van der Waals surface area contributed by atoms with E-state index >= 15 is 0 Å². The minimum atomic E-state index is 0.0196. The number of hydrogen-bond donors (Lipinski definition) is 0. The molecule has 0 saturated carbocycles. The minimum absolute atomic E-state index is 0.0196. The third-order valence-corrected chi connectivity index (χ3v) is 14.0. The second-order valence-electron chi connectivity index (χ2n) is 19.1. The van der Waals surface area contributed by atoms with Crippen LogP contribution >= 0.6 is 0 Å². The van der Waals surface area contributed by atoms with Crippen molar-refractivity contribution < 1.29 is 14.3 Å². The van der Waals surface area contributed by atoms with Crippen LogP contribution in [0.2, 0.25) is 0 Å². The summed E-state index contributed by atoms with van der Waals surface area (Å²) in [4.78, 5) is 28.7. The fraction of sp³-hybridized carbons (Fsp3) is 0.0263. The number of allylic oxidation sites excluding steroid dienone is 8. The van der Waals surface area contributed by atoms with Crippen LogP contribution in [0.4, 0.5) is 0 Å². The highest BCUT2D eigenvalue weighted by Gasteiger charge is 2.37. The maximum Gasteiger partial charge on any atom is 0.195 e. The maximum atomic E-state index is 14.4. The van der Waals surface area contributed by atoms with E-state index in [4.69, 9.17) is 4.74 Å². The number of ketones is 2. The van der Waals surface area contributed by atoms with Crippen molar-refractivity contribution in [2.24, 2.45) is 0 Å². The SMILES string of the molecule is COc1ccc(C2=C(c3ccccc3)C(=O)C(c3ccccc3)=C2c2ccc(C#Cc3ccccc3)cc2)cc1.Cc1ccc(C2=C(c3ccccc3)C(=O)C(c3ccccc3)=C2c2ccc(C#Cc3ccccc3)cc2)cc1. The molecule has 374 valence electrons. The standard InChI is InChI=1S/C38H26O2.C38H26O/c1-40-33-25-23-32(24-26-33)35-34(31-21-19-28(20-22-31)18-17-27-11-5-2-6-12-27)36(29-13-7-3-8-14-29)38(39)37(35)30-15-9-4-10-16-30;1-27-17-23-32(24-18-27)34-35(33-25-21-29(22-26-33)20-19-28-11-5-2-6-12-28)37(31-15-9-4-10-16-31)38(39)36(34)30-13-7-3-8-14-30/h2-16,19-26H,1H3;2-18,21-26H,1H3. The summed E-state index contributed by atoms with van der Waals surface area (Å²) in [5.74, 6) is 13.8. The molecule has 10 aromatic carbocycles. The van der Waals surface area contributed by atoms with E-state index in [0.717, 1.165) is 106 Å². The van der Waals surface area contributed by atoms with E-state index in [0.29, 0.717) is 11.1 Å². The van der Waals surface area contributed by atoms with Crippen molar-refractivity contribution in [3.05, 3.63) is 351 Å². The number of hydrogen-bond acceptors (Lipinski definition) is 3. The molecule has 3 heteroatoms. The highest BCUT2D eigenvalue weighted by Crippen LogP contribution is 2.51. The summed E-state index contributed by atoms with van der Waals surface area (Å²) in [5.41, 5.74) is 19.2. The van der Waals surface area contributed by atoms with Crippen molar-refractivity contribution >= 4 is 56.2 Å². The molecule has 0 atom stereocenters. The molecule has 0 radical (unpaired) electrons. The number of aryl methyl sites for hydroxylation is 1. The lowest BCUT2D eigenvalue weighted by Crippen LogP contribution is -2.01. The molecule has 0 bridgehead atoms. The predicted molar refractivity (Wildman–Crippen MR) is 325 cm³/mol. The Kier molecular flexibility index (Phi) is 15.1. The van der Waals surface area contributed by atoms with Crippen LogP contribution in [0.3, 0.4) is 0 Å². The van der Waals surface area contributed by atoms with Gasteiger partial charge in [-0.05, 0) is 112 Å². The molecule has 0 fully saturated rings. The zero-order chi connectivity index (χ0) is 53.9. The van der Waals surface area contributed by atoms with E-state index in [1.165, 1.54) is 5.56 Å². The second-order valence-corrected chi connectivity index (χ2v) is 19.1. The van der Waals surface area contributed by atoms with Crippen molar-refractivity contribution in [3.63, 3.8) is 0 Å². The van der Waals surface area contributed by atoms with Gasteiger partial charge in [0.05, 0.1) is 7.11 Å². The predicted octanol–water partition coefficient (Wildman–Crippen LogP) is 16.7. The first-order valence-electron chi connectivity index (χ1n) is 26.3. The fourth-order valence-electron chi connectivity index (χ4n) is 10.1. The smallest absolute Gasteiger partial charge is 0.195 e. The van der Waals surface area contributed by atoms with Gasteiger partial charge in [0.1, 0.15) is 5.75 Å². The van der Waals surface area contributed by atoms with Gasteiger partial charge in [0.15, 0.2) is 11.6 Å². The Morgan fingerprint density at radius 2 is 0.456 bits per heavy atom. The first-order valence-corrected chi connectivity index (χ1v) is 26.3. The first kappa shape index (κ1) is 50.6. The van der Waals surface area contributed by atoms with Gasteiger partial charge in [0.25, 0.3) is 0 Å². The molecule has 3 nitrogen and oxygen atoms in total. The third-order valence-electron chi connectivity index (χ3n) is 14.0. The Balaban J connectivity index is 0.000000167. The molecule has 2 aliphatic rings. The molecule has 0 spiro atoms. The molecule has 0 amide bonds. The van der Waals surface area contributed by atoms with Crippen LogP contribution in [-0.4, -0.2) is 18.7 Å². The van der Waals surface area contributed by atoms with E-state index in [-0.39, 0.29) is 11.6 Å². The van der Waals surface area contributed by atoms with Crippen LogP contribution in [0.25, 0.3) is 44.6 Å². The molecule has 12 rings (SSSR count). The van der Waals surface area contributed by atoms with Crippen molar-refractivity contribution in [2.75, 3.05) is 7.11 Å². The number of carbonyl (C=O) groups is 2. The highest BCUT2D eigenvalue weighted by atomic mass is 16.5. The lowest BCUT2D eigenvalue weighted by Gasteiger charge is -2.14. The zero-order valence-corrected chi connectivity index (χ0v) is 43.8. The van der Waals surface area contributed by atoms with Gasteiger partial charge < -0.3 is 4.74 Å². The van der Waals surface area contributed by atoms with Crippen molar-refractivity contribution in [2.45, 2.75) is 6.92 Å². The number of Topliss-reactive ketones (excluding diaryl/α,β-unsaturated/α-hetero) is 2. The second kappa shape index (κ2) is 23.5. The van der Waals surface area contributed by atoms with Gasteiger partial charge in [-0.3, -0.25) is 9.59 Å². The molecule has 0 aliphatic heterocycles. The summed E-state index contributed by atoms with van der Waals surface area (Å²) in [6.45, 7) is 2.08. The molecule has 79 heavy (non-hydrogen) atoms. The quantitative estimate of drug-likeness (QED) is 0.135. The summed E-state index contributed by atoms with van der Waals surface area (Å²) >= 11 is 0. The lowest BCUT2D eigenvalue weighted by atomic mass is 9.88. The van der Waals surface area contributed by atoms with E-state index in [9.17, 15) is 9.59 Å². The van der Waals surface area contributed by atoms with Crippen LogP contribution in [-0.2, 0) is 9.59 Å². The molecular weight excluding hydrogens is 961 g/mol. The topological polar surface area (TPSA) is 43.4 Å². The van der Waals surface area contributed by atoms with Gasteiger partial charge in [0.2, 0.25) is 0 Å². The van der Waals surface area contributed by atoms with Gasteiger partial charge in [-0.1, -0.05) is 248 Å². The monoisotopic (exact) mass is 1010 g/mol. The maximum absolute atomic E-state index is 14.4. The highest BCUT2D eigenvalue weighted by molar-refractivity contribution is 6.60. The normalized spacial score (nSPS) is 12.8. The molecule has 0 aromatic heterocycles. The van der Waals surface area contributed by atoms with E-state index in [1.807, 2.05) is 231 Å². The van der Waals surface area contributed by atoms with Crippen LogP contribution < -0.4 is 4.74 Å². The lowest BCUT2D eigenvalue weighted by molar-refractivity contribution is -0.109. The van der Waals surface area contributed by atoms with Gasteiger partial charge in [-0.2, -0.15) is 0 Å². The van der Waals surface area contributed by atoms with Crippen molar-refractivity contribution in [1.29, 1.82) is 0 Å². The number of rotatable bonds is 9. The number of methoxy groups -OCH3 is 1. The molecule has 0 N–H and O–H groups in total. The van der Waals surface area contributed by atoms with Crippen LogP contribution in [0.15, 0.2) is 279 Å². The van der Waals surface area contributed by atoms with Gasteiger partial charge in [0, 0.05) is 66.8 Å². The van der Waals surface area contributed by atoms with Crippen LogP contribution in [0.5, 0.6) is 5.75 Å². The number of ether oxygens (including phenoxy) is 1. The summed E-state index contributed by atoms with van der Waals surface area (Å²) in [6, 6.07) is 92.6. The Hall–Kier alpha value is -10.6. The molecule has 2 aliphatic carbocycles.